The van der Waals surface area contributed by atoms with Gasteiger partial charge in [0.15, 0.2) is 0 Å². The van der Waals surface area contributed by atoms with Crippen molar-refractivity contribution in [3.63, 3.8) is 0 Å². The van der Waals surface area contributed by atoms with E-state index < -0.39 is 0 Å². The highest BCUT2D eigenvalue weighted by molar-refractivity contribution is 6.33. The van der Waals surface area contributed by atoms with Crippen molar-refractivity contribution in [1.29, 1.82) is 0 Å². The van der Waals surface area contributed by atoms with Crippen molar-refractivity contribution in [2.24, 2.45) is 0 Å². The van der Waals surface area contributed by atoms with Crippen LogP contribution in [0.4, 0.5) is 0 Å². The Morgan fingerprint density at radius 1 is 1.10 bits per heavy atom. The molecule has 0 saturated heterocycles. The van der Waals surface area contributed by atoms with Crippen molar-refractivity contribution in [2.45, 2.75) is 32.7 Å². The predicted octanol–water partition coefficient (Wildman–Crippen LogP) is 4.83. The lowest BCUT2D eigenvalue weighted by atomic mass is 9.97. The van der Waals surface area contributed by atoms with E-state index in [4.69, 9.17) is 11.6 Å². The lowest BCUT2D eigenvalue weighted by Gasteiger charge is -2.12. The molecule has 0 aromatic heterocycles. The number of hydrogen-bond acceptors (Lipinski definition) is 1. The highest BCUT2D eigenvalue weighted by Gasteiger charge is 2.21. The minimum Gasteiger partial charge on any atom is -0.313 e. The summed E-state index contributed by atoms with van der Waals surface area (Å²) in [4.78, 5) is 0. The van der Waals surface area contributed by atoms with E-state index in [0.717, 1.165) is 17.0 Å². The van der Waals surface area contributed by atoms with E-state index >= 15 is 0 Å². The largest absolute Gasteiger partial charge is 0.313 e. The van der Waals surface area contributed by atoms with Crippen molar-refractivity contribution >= 4 is 11.6 Å². The zero-order valence-electron chi connectivity index (χ0n) is 12.3. The Morgan fingerprint density at radius 3 is 2.60 bits per heavy atom. The minimum absolute atomic E-state index is 0.509. The summed E-state index contributed by atoms with van der Waals surface area (Å²) in [6.45, 7) is 4.24. The van der Waals surface area contributed by atoms with Gasteiger partial charge in [-0.3, -0.25) is 0 Å². The first kappa shape index (κ1) is 13.7. The molecule has 20 heavy (non-hydrogen) atoms. The first-order valence-corrected chi connectivity index (χ1v) is 7.55. The molecule has 0 amide bonds. The van der Waals surface area contributed by atoms with Crippen LogP contribution < -0.4 is 5.32 Å². The van der Waals surface area contributed by atoms with Gasteiger partial charge in [-0.05, 0) is 73.7 Å². The second-order valence-corrected chi connectivity index (χ2v) is 6.12. The number of nitrogens with one attached hydrogen (secondary N) is 1. The van der Waals surface area contributed by atoms with E-state index in [1.54, 1.807) is 0 Å². The van der Waals surface area contributed by atoms with E-state index in [-0.39, 0.29) is 0 Å². The quantitative estimate of drug-likeness (QED) is 0.833. The zero-order valence-corrected chi connectivity index (χ0v) is 13.0. The topological polar surface area (TPSA) is 12.0 Å². The van der Waals surface area contributed by atoms with Gasteiger partial charge in [0.25, 0.3) is 0 Å². The maximum Gasteiger partial charge on any atom is 0.0487 e. The standard InChI is InChI=1S/C18H20ClN/c1-11-8-16(17(19)9-12(11)2)14-4-6-15-13(10-14)5-7-18(15)20-3/h4,6,8-10,18,20H,5,7H2,1-3H3. The first-order chi connectivity index (χ1) is 9.60. The van der Waals surface area contributed by atoms with Crippen LogP contribution in [-0.2, 0) is 6.42 Å². The predicted molar refractivity (Wildman–Crippen MR) is 86.5 cm³/mol. The average Bonchev–Trinajstić information content (AvgIpc) is 2.85. The maximum absolute atomic E-state index is 6.43. The van der Waals surface area contributed by atoms with Crippen LogP contribution in [0.5, 0.6) is 0 Å². The smallest absolute Gasteiger partial charge is 0.0487 e. The van der Waals surface area contributed by atoms with E-state index in [1.165, 1.54) is 34.2 Å². The van der Waals surface area contributed by atoms with Crippen LogP contribution in [0, 0.1) is 13.8 Å². The van der Waals surface area contributed by atoms with E-state index in [1.807, 2.05) is 7.05 Å². The van der Waals surface area contributed by atoms with Gasteiger partial charge in [-0.25, -0.2) is 0 Å². The third kappa shape index (κ3) is 2.25. The maximum atomic E-state index is 6.43. The Hall–Kier alpha value is -1.31. The van der Waals surface area contributed by atoms with Crippen LogP contribution in [0.1, 0.15) is 34.7 Å². The molecule has 104 valence electrons. The molecule has 1 aliphatic carbocycles. The van der Waals surface area contributed by atoms with Crippen LogP contribution in [0.3, 0.4) is 0 Å². The van der Waals surface area contributed by atoms with E-state index in [9.17, 15) is 0 Å². The fraction of sp³-hybridized carbons (Fsp3) is 0.333. The van der Waals surface area contributed by atoms with Crippen LogP contribution in [0.2, 0.25) is 5.02 Å². The lowest BCUT2D eigenvalue weighted by molar-refractivity contribution is 0.590. The summed E-state index contributed by atoms with van der Waals surface area (Å²) in [5.41, 5.74) is 7.81. The summed E-state index contributed by atoms with van der Waals surface area (Å²) in [5.74, 6) is 0. The van der Waals surface area contributed by atoms with Crippen LogP contribution >= 0.6 is 11.6 Å². The van der Waals surface area contributed by atoms with E-state index in [2.05, 4.69) is 49.5 Å². The molecule has 0 saturated carbocycles. The van der Waals surface area contributed by atoms with Crippen molar-refractivity contribution in [3.05, 3.63) is 57.6 Å². The molecule has 1 N–H and O–H groups in total. The number of halogens is 1. The molecule has 0 bridgehead atoms. The third-order valence-corrected chi connectivity index (χ3v) is 4.78. The Balaban J connectivity index is 2.06. The van der Waals surface area contributed by atoms with Crippen LogP contribution in [-0.4, -0.2) is 7.05 Å². The molecule has 3 rings (SSSR count). The fourth-order valence-electron chi connectivity index (χ4n) is 3.09. The van der Waals surface area contributed by atoms with Crippen molar-refractivity contribution in [2.75, 3.05) is 7.05 Å². The van der Waals surface area contributed by atoms with E-state index in [0.29, 0.717) is 6.04 Å². The van der Waals surface area contributed by atoms with Crippen molar-refractivity contribution in [3.8, 4) is 11.1 Å². The van der Waals surface area contributed by atoms with Gasteiger partial charge < -0.3 is 5.32 Å². The Kier molecular flexibility index (Phi) is 3.57. The zero-order chi connectivity index (χ0) is 14.3. The molecule has 0 heterocycles. The highest BCUT2D eigenvalue weighted by atomic mass is 35.5. The molecular formula is C18H20ClN. The molecule has 1 nitrogen and oxygen atoms in total. The lowest BCUT2D eigenvalue weighted by Crippen LogP contribution is -2.12. The van der Waals surface area contributed by atoms with Gasteiger partial charge in [-0.15, -0.1) is 0 Å². The number of hydrogen-bond donors (Lipinski definition) is 1. The van der Waals surface area contributed by atoms with Crippen molar-refractivity contribution in [1.82, 2.24) is 5.32 Å². The summed E-state index contributed by atoms with van der Waals surface area (Å²) in [6, 6.07) is 11.5. The first-order valence-electron chi connectivity index (χ1n) is 7.17. The molecule has 1 aliphatic rings. The van der Waals surface area contributed by atoms with Gasteiger partial charge in [0, 0.05) is 16.6 Å². The number of aryl methyl sites for hydroxylation is 3. The van der Waals surface area contributed by atoms with Crippen LogP contribution in [0.15, 0.2) is 30.3 Å². The monoisotopic (exact) mass is 285 g/mol. The summed E-state index contributed by atoms with van der Waals surface area (Å²) >= 11 is 6.43. The Morgan fingerprint density at radius 2 is 1.85 bits per heavy atom. The summed E-state index contributed by atoms with van der Waals surface area (Å²) in [5, 5.41) is 4.22. The molecule has 0 radical (unpaired) electrons. The molecule has 2 aromatic rings. The summed E-state index contributed by atoms with van der Waals surface area (Å²) in [7, 11) is 2.04. The molecule has 0 spiro atoms. The highest BCUT2D eigenvalue weighted by Crippen LogP contribution is 2.36. The normalized spacial score (nSPS) is 17.3. The molecule has 0 fully saturated rings. The second kappa shape index (κ2) is 5.23. The summed E-state index contributed by atoms with van der Waals surface area (Å²) in [6.07, 6.45) is 2.34. The molecule has 0 aliphatic heterocycles. The molecular weight excluding hydrogens is 266 g/mol. The molecule has 1 atom stereocenters. The van der Waals surface area contributed by atoms with Gasteiger partial charge in [-0.1, -0.05) is 29.8 Å². The number of fused-ring (bicyclic) bond motifs is 1. The van der Waals surface area contributed by atoms with Gasteiger partial charge in [0.05, 0.1) is 0 Å². The Bertz CT molecular complexity index is 661. The molecule has 2 aromatic carbocycles. The summed E-state index contributed by atoms with van der Waals surface area (Å²) < 4.78 is 0. The third-order valence-electron chi connectivity index (χ3n) is 4.46. The number of rotatable bonds is 2. The minimum atomic E-state index is 0.509. The van der Waals surface area contributed by atoms with Gasteiger partial charge in [0.2, 0.25) is 0 Å². The average molecular weight is 286 g/mol. The van der Waals surface area contributed by atoms with Crippen molar-refractivity contribution < 1.29 is 0 Å². The Labute approximate surface area is 126 Å². The van der Waals surface area contributed by atoms with Gasteiger partial charge in [-0.2, -0.15) is 0 Å². The SMILES string of the molecule is CNC1CCc2cc(-c3cc(C)c(C)cc3Cl)ccc21. The van der Waals surface area contributed by atoms with Gasteiger partial charge >= 0.3 is 0 Å². The molecule has 1 unspecified atom stereocenters. The second-order valence-electron chi connectivity index (χ2n) is 5.71. The van der Waals surface area contributed by atoms with Gasteiger partial charge in [0.1, 0.15) is 0 Å². The van der Waals surface area contributed by atoms with Crippen LogP contribution in [0.25, 0.3) is 11.1 Å². The number of benzene rings is 2. The molecule has 2 heteroatoms. The fourth-order valence-corrected chi connectivity index (χ4v) is 3.41.